The van der Waals surface area contributed by atoms with E-state index in [1.807, 2.05) is 6.07 Å². The second-order valence-corrected chi connectivity index (χ2v) is 13.4. The van der Waals surface area contributed by atoms with Gasteiger partial charge in [0.2, 0.25) is 10.0 Å². The van der Waals surface area contributed by atoms with Crippen LogP contribution in [0.2, 0.25) is 0 Å². The molecule has 192 valence electrons. The van der Waals surface area contributed by atoms with Crippen molar-refractivity contribution in [1.29, 1.82) is 0 Å². The summed E-state index contributed by atoms with van der Waals surface area (Å²) >= 11 is 0. The first-order valence-electron chi connectivity index (χ1n) is 12.6. The van der Waals surface area contributed by atoms with Crippen molar-refractivity contribution in [3.05, 3.63) is 59.7 Å². The molecule has 6 rings (SSSR count). The summed E-state index contributed by atoms with van der Waals surface area (Å²) in [6.45, 7) is 1.31. The van der Waals surface area contributed by atoms with E-state index in [9.17, 15) is 18.0 Å². The molecule has 0 heterocycles. The summed E-state index contributed by atoms with van der Waals surface area (Å²) < 4.78 is 31.9. The van der Waals surface area contributed by atoms with Crippen molar-refractivity contribution in [2.24, 2.45) is 17.3 Å². The molecule has 0 radical (unpaired) electrons. The summed E-state index contributed by atoms with van der Waals surface area (Å²) in [5.41, 5.74) is 1.74. The summed E-state index contributed by atoms with van der Waals surface area (Å²) in [5, 5.41) is 2.68. The Balaban J connectivity index is 1.27. The zero-order valence-corrected chi connectivity index (χ0v) is 21.9. The lowest BCUT2D eigenvalue weighted by Crippen LogP contribution is -2.57. The molecular formula is C28H34N2O5S. The number of aryl methyl sites for hydroxylation is 1. The van der Waals surface area contributed by atoms with E-state index in [4.69, 9.17) is 4.74 Å². The number of benzene rings is 2. The minimum absolute atomic E-state index is 0.0167. The number of nitrogens with one attached hydrogen (secondary N) is 1. The van der Waals surface area contributed by atoms with E-state index >= 15 is 0 Å². The predicted octanol–water partition coefficient (Wildman–Crippen LogP) is 4.27. The Bertz CT molecular complexity index is 1270. The first-order valence-corrected chi connectivity index (χ1v) is 14.0. The summed E-state index contributed by atoms with van der Waals surface area (Å²) in [7, 11) is -0.721. The number of nitrogens with zero attached hydrogens (tertiary/aromatic N) is 1. The molecule has 2 atom stereocenters. The van der Waals surface area contributed by atoms with Crippen molar-refractivity contribution in [2.45, 2.75) is 55.8 Å². The Labute approximate surface area is 213 Å². The molecule has 2 aromatic rings. The highest BCUT2D eigenvalue weighted by atomic mass is 32.2. The van der Waals surface area contributed by atoms with Crippen LogP contribution >= 0.6 is 0 Å². The zero-order chi connectivity index (χ0) is 25.7. The van der Waals surface area contributed by atoms with Crippen molar-refractivity contribution < 1.29 is 22.7 Å². The normalized spacial score (nSPS) is 28.8. The van der Waals surface area contributed by atoms with Crippen molar-refractivity contribution in [3.63, 3.8) is 0 Å². The highest BCUT2D eigenvalue weighted by molar-refractivity contribution is 7.89. The Hall–Kier alpha value is -2.71. The third-order valence-corrected chi connectivity index (χ3v) is 10.4. The quantitative estimate of drug-likeness (QED) is 0.562. The minimum atomic E-state index is -3.65. The molecule has 1 N–H and O–H groups in total. The van der Waals surface area contributed by atoms with E-state index in [1.165, 1.54) is 32.1 Å². The molecule has 0 aromatic heterocycles. The van der Waals surface area contributed by atoms with Crippen LogP contribution in [-0.2, 0) is 29.8 Å². The minimum Gasteiger partial charge on any atom is -0.455 e. The molecule has 4 aliphatic rings. The lowest BCUT2D eigenvalue weighted by Gasteiger charge is -2.61. The fourth-order valence-corrected chi connectivity index (χ4v) is 8.41. The van der Waals surface area contributed by atoms with Crippen LogP contribution in [0.1, 0.15) is 49.7 Å². The fourth-order valence-electron chi connectivity index (χ4n) is 7.26. The van der Waals surface area contributed by atoms with Gasteiger partial charge in [0.1, 0.15) is 0 Å². The molecule has 4 fully saturated rings. The van der Waals surface area contributed by atoms with Crippen LogP contribution in [-0.4, -0.2) is 45.3 Å². The van der Waals surface area contributed by atoms with Gasteiger partial charge in [-0.3, -0.25) is 9.59 Å². The van der Waals surface area contributed by atoms with Crippen LogP contribution in [0.25, 0.3) is 0 Å². The Morgan fingerprint density at radius 2 is 1.69 bits per heavy atom. The molecule has 2 aromatic carbocycles. The first-order chi connectivity index (χ1) is 17.0. The van der Waals surface area contributed by atoms with Crippen LogP contribution in [0.5, 0.6) is 0 Å². The average Bonchev–Trinajstić information content (AvgIpc) is 2.83. The van der Waals surface area contributed by atoms with Gasteiger partial charge < -0.3 is 10.1 Å². The smallest absolute Gasteiger partial charge is 0.312 e. The second-order valence-electron chi connectivity index (χ2n) is 11.3. The van der Waals surface area contributed by atoms with Crippen LogP contribution in [0.4, 0.5) is 5.69 Å². The third kappa shape index (κ3) is 4.34. The van der Waals surface area contributed by atoms with Gasteiger partial charge in [0, 0.05) is 19.8 Å². The lowest BCUT2D eigenvalue weighted by molar-refractivity contribution is -0.175. The van der Waals surface area contributed by atoms with Gasteiger partial charge in [0.05, 0.1) is 10.3 Å². The number of hydrogen-bond donors (Lipinski definition) is 1. The molecule has 4 bridgehead atoms. The van der Waals surface area contributed by atoms with Crippen LogP contribution in [0.3, 0.4) is 0 Å². The van der Waals surface area contributed by atoms with Crippen molar-refractivity contribution >= 4 is 27.6 Å². The number of amides is 1. The lowest BCUT2D eigenvalue weighted by atomic mass is 9.43. The van der Waals surface area contributed by atoms with Gasteiger partial charge in [-0.05, 0) is 86.0 Å². The highest BCUT2D eigenvalue weighted by Gasteiger charge is 2.61. The van der Waals surface area contributed by atoms with Crippen molar-refractivity contribution in [1.82, 2.24) is 4.31 Å². The van der Waals surface area contributed by atoms with E-state index in [1.54, 1.807) is 19.1 Å². The molecule has 1 amide bonds. The maximum absolute atomic E-state index is 13.4. The topological polar surface area (TPSA) is 92.8 Å². The Kier molecular flexibility index (Phi) is 6.24. The molecule has 8 heteroatoms. The SMILES string of the molecule is Cc1ccc(NC(=O)COC(=O)C23CC4CC(C2)CC(c2ccccc2)(C4)C3)cc1S(=O)(=O)N(C)C. The predicted molar refractivity (Wildman–Crippen MR) is 137 cm³/mol. The van der Waals surface area contributed by atoms with Crippen LogP contribution in [0.15, 0.2) is 53.4 Å². The number of anilines is 1. The van der Waals surface area contributed by atoms with Gasteiger partial charge in [-0.25, -0.2) is 12.7 Å². The number of hydrogen-bond acceptors (Lipinski definition) is 5. The molecule has 0 aliphatic heterocycles. The molecule has 0 spiro atoms. The summed E-state index contributed by atoms with van der Waals surface area (Å²) in [6, 6.07) is 15.3. The molecule has 36 heavy (non-hydrogen) atoms. The van der Waals surface area contributed by atoms with Gasteiger partial charge >= 0.3 is 5.97 Å². The largest absolute Gasteiger partial charge is 0.455 e. The van der Waals surface area contributed by atoms with E-state index in [2.05, 4.69) is 29.6 Å². The third-order valence-electron chi connectivity index (χ3n) is 8.45. The number of esters is 1. The number of rotatable bonds is 7. The Morgan fingerprint density at radius 1 is 1.03 bits per heavy atom. The standard InChI is InChI=1S/C28H34N2O5S/c1-19-9-10-23(12-24(19)36(33,34)30(2)3)29-25(31)17-35-26(32)28-15-20-11-21(16-28)14-27(13-20,18-28)22-7-5-4-6-8-22/h4-10,12,20-21H,11,13-18H2,1-3H3,(H,29,31). The second kappa shape index (κ2) is 8.99. The molecule has 4 aliphatic carbocycles. The van der Waals surface area contributed by atoms with Crippen LogP contribution in [0, 0.1) is 24.2 Å². The van der Waals surface area contributed by atoms with Gasteiger partial charge in [-0.1, -0.05) is 36.4 Å². The highest BCUT2D eigenvalue weighted by Crippen LogP contribution is 2.66. The molecule has 2 unspecified atom stereocenters. The monoisotopic (exact) mass is 510 g/mol. The average molecular weight is 511 g/mol. The van der Waals surface area contributed by atoms with Crippen LogP contribution < -0.4 is 5.32 Å². The zero-order valence-electron chi connectivity index (χ0n) is 21.1. The van der Waals surface area contributed by atoms with Crippen molar-refractivity contribution in [3.8, 4) is 0 Å². The van der Waals surface area contributed by atoms with E-state index < -0.39 is 28.0 Å². The van der Waals surface area contributed by atoms with E-state index in [0.717, 1.165) is 36.4 Å². The maximum Gasteiger partial charge on any atom is 0.312 e. The number of carbonyl (C=O) groups is 2. The Morgan fingerprint density at radius 3 is 2.33 bits per heavy atom. The van der Waals surface area contributed by atoms with Gasteiger partial charge in [-0.15, -0.1) is 0 Å². The molecular weight excluding hydrogens is 476 g/mol. The van der Waals surface area contributed by atoms with Gasteiger partial charge in [-0.2, -0.15) is 0 Å². The maximum atomic E-state index is 13.4. The molecule has 7 nitrogen and oxygen atoms in total. The number of ether oxygens (including phenoxy) is 1. The number of sulfonamides is 1. The summed E-state index contributed by atoms with van der Waals surface area (Å²) in [4.78, 5) is 26.2. The van der Waals surface area contributed by atoms with E-state index in [-0.39, 0.29) is 16.3 Å². The van der Waals surface area contributed by atoms with Crippen molar-refractivity contribution in [2.75, 3.05) is 26.0 Å². The first kappa shape index (κ1) is 25.0. The fraction of sp³-hybridized carbons (Fsp3) is 0.500. The van der Waals surface area contributed by atoms with Gasteiger partial charge in [0.25, 0.3) is 5.91 Å². The number of carbonyl (C=O) groups excluding carboxylic acids is 2. The van der Waals surface area contributed by atoms with E-state index in [0.29, 0.717) is 23.1 Å². The molecule has 0 saturated heterocycles. The summed E-state index contributed by atoms with van der Waals surface area (Å²) in [5.74, 6) is 0.268. The summed E-state index contributed by atoms with van der Waals surface area (Å²) in [6.07, 6.45) is 5.87. The molecule has 4 saturated carbocycles. The van der Waals surface area contributed by atoms with Gasteiger partial charge in [0.15, 0.2) is 6.61 Å².